The van der Waals surface area contributed by atoms with Gasteiger partial charge in [0.1, 0.15) is 0 Å². The van der Waals surface area contributed by atoms with Crippen LogP contribution in [0.4, 0.5) is 11.4 Å². The van der Waals surface area contributed by atoms with Crippen LogP contribution in [0.2, 0.25) is 0 Å². The van der Waals surface area contributed by atoms with E-state index in [9.17, 15) is 0 Å². The fourth-order valence-electron chi connectivity index (χ4n) is 5.12. The van der Waals surface area contributed by atoms with E-state index in [1.807, 2.05) is 0 Å². The third-order valence-corrected chi connectivity index (χ3v) is 6.33. The summed E-state index contributed by atoms with van der Waals surface area (Å²) in [5.74, 6) is 0. The minimum atomic E-state index is 0.710. The van der Waals surface area contributed by atoms with Gasteiger partial charge in [0, 0.05) is 29.5 Å². The monoisotopic (exact) mass is 312 g/mol. The van der Waals surface area contributed by atoms with Crippen molar-refractivity contribution >= 4 is 11.4 Å². The fourth-order valence-corrected chi connectivity index (χ4v) is 5.12. The Morgan fingerprint density at radius 3 is 1.65 bits per heavy atom. The maximum absolute atomic E-state index is 3.73. The van der Waals surface area contributed by atoms with Crippen LogP contribution in [0.5, 0.6) is 0 Å². The molecule has 0 heterocycles. The Labute approximate surface area is 141 Å². The van der Waals surface area contributed by atoms with E-state index in [0.717, 1.165) is 12.1 Å². The van der Waals surface area contributed by atoms with Crippen LogP contribution < -0.4 is 10.2 Å². The van der Waals surface area contributed by atoms with Crippen LogP contribution >= 0.6 is 0 Å². The maximum Gasteiger partial charge on any atom is 0.0372 e. The minimum Gasteiger partial charge on any atom is -0.382 e. The zero-order valence-electron chi connectivity index (χ0n) is 14.5. The number of benzene rings is 1. The lowest BCUT2D eigenvalue weighted by atomic mass is 10.1. The first-order valence-corrected chi connectivity index (χ1v) is 10.0. The predicted octanol–water partition coefficient (Wildman–Crippen LogP) is 5.73. The van der Waals surface area contributed by atoms with Crippen molar-refractivity contribution in [1.82, 2.24) is 0 Å². The van der Waals surface area contributed by atoms with Gasteiger partial charge < -0.3 is 10.2 Å². The molecule has 0 bridgehead atoms. The summed E-state index contributed by atoms with van der Waals surface area (Å²) in [6.07, 6.45) is 16.8. The van der Waals surface area contributed by atoms with Crippen LogP contribution in [0.15, 0.2) is 24.3 Å². The lowest BCUT2D eigenvalue weighted by Crippen LogP contribution is -2.40. The van der Waals surface area contributed by atoms with Crippen molar-refractivity contribution in [3.8, 4) is 0 Å². The van der Waals surface area contributed by atoms with Gasteiger partial charge in [-0.15, -0.1) is 0 Å². The van der Waals surface area contributed by atoms with Crippen molar-refractivity contribution in [1.29, 1.82) is 0 Å². The third-order valence-electron chi connectivity index (χ3n) is 6.33. The van der Waals surface area contributed by atoms with Gasteiger partial charge in [0.05, 0.1) is 0 Å². The standard InChI is InChI=1S/C21H32N2/c1-2-8-17(7-1)22-18-13-15-21(16-14-18)23(19-9-3-4-10-19)20-11-5-6-12-20/h13-17,19-20,22H,1-12H2. The maximum atomic E-state index is 3.73. The molecule has 126 valence electrons. The quantitative estimate of drug-likeness (QED) is 0.746. The number of rotatable bonds is 5. The summed E-state index contributed by atoms with van der Waals surface area (Å²) in [5.41, 5.74) is 2.79. The van der Waals surface area contributed by atoms with E-state index in [2.05, 4.69) is 34.5 Å². The van der Waals surface area contributed by atoms with E-state index in [4.69, 9.17) is 0 Å². The SMILES string of the molecule is c1cc(N(C2CCCC2)C2CCCC2)ccc1NC1CCCC1. The molecule has 2 heteroatoms. The lowest BCUT2D eigenvalue weighted by molar-refractivity contribution is 0.513. The van der Waals surface area contributed by atoms with Crippen LogP contribution in [0.25, 0.3) is 0 Å². The lowest BCUT2D eigenvalue weighted by Gasteiger charge is -2.37. The number of nitrogens with zero attached hydrogens (tertiary/aromatic N) is 1. The molecule has 0 atom stereocenters. The molecule has 3 aliphatic carbocycles. The number of hydrogen-bond acceptors (Lipinski definition) is 2. The van der Waals surface area contributed by atoms with Gasteiger partial charge in [-0.05, 0) is 62.8 Å². The van der Waals surface area contributed by atoms with Gasteiger partial charge in [0.25, 0.3) is 0 Å². The van der Waals surface area contributed by atoms with Crippen molar-refractivity contribution in [2.45, 2.75) is 95.2 Å². The molecule has 0 radical (unpaired) electrons. The Morgan fingerprint density at radius 2 is 1.13 bits per heavy atom. The minimum absolute atomic E-state index is 0.710. The first-order chi connectivity index (χ1) is 11.4. The fraction of sp³-hybridized carbons (Fsp3) is 0.714. The molecule has 0 spiro atoms. The second-order valence-corrected chi connectivity index (χ2v) is 7.96. The summed E-state index contributed by atoms with van der Waals surface area (Å²) in [4.78, 5) is 2.80. The molecule has 0 amide bonds. The molecule has 1 aromatic rings. The summed E-state index contributed by atoms with van der Waals surface area (Å²) < 4.78 is 0. The Hall–Kier alpha value is -1.18. The summed E-state index contributed by atoms with van der Waals surface area (Å²) in [6.45, 7) is 0. The van der Waals surface area contributed by atoms with Gasteiger partial charge >= 0.3 is 0 Å². The highest BCUT2D eigenvalue weighted by atomic mass is 15.2. The van der Waals surface area contributed by atoms with Crippen molar-refractivity contribution in [3.63, 3.8) is 0 Å². The van der Waals surface area contributed by atoms with Crippen molar-refractivity contribution < 1.29 is 0 Å². The zero-order valence-corrected chi connectivity index (χ0v) is 14.5. The van der Waals surface area contributed by atoms with E-state index in [-0.39, 0.29) is 0 Å². The summed E-state index contributed by atoms with van der Waals surface area (Å²) in [7, 11) is 0. The second kappa shape index (κ2) is 7.15. The first kappa shape index (κ1) is 15.4. The molecule has 2 nitrogen and oxygen atoms in total. The Morgan fingerprint density at radius 1 is 0.652 bits per heavy atom. The van der Waals surface area contributed by atoms with Crippen molar-refractivity contribution in [2.24, 2.45) is 0 Å². The largest absolute Gasteiger partial charge is 0.382 e. The molecule has 3 saturated carbocycles. The molecule has 0 aliphatic heterocycles. The molecular formula is C21H32N2. The third kappa shape index (κ3) is 3.51. The van der Waals surface area contributed by atoms with Crippen molar-refractivity contribution in [2.75, 3.05) is 10.2 Å². The normalized spacial score (nSPS) is 23.7. The van der Waals surface area contributed by atoms with Crippen LogP contribution in [0.3, 0.4) is 0 Å². The van der Waals surface area contributed by atoms with Gasteiger partial charge in [-0.25, -0.2) is 0 Å². The van der Waals surface area contributed by atoms with Gasteiger partial charge in [-0.2, -0.15) is 0 Å². The summed E-state index contributed by atoms with van der Waals surface area (Å²) in [5, 5.41) is 3.73. The Bertz CT molecular complexity index is 461. The molecule has 1 N–H and O–H groups in total. The van der Waals surface area contributed by atoms with Gasteiger partial charge in [-0.1, -0.05) is 38.5 Å². The van der Waals surface area contributed by atoms with Crippen LogP contribution in [-0.2, 0) is 0 Å². The molecule has 3 aliphatic rings. The molecular weight excluding hydrogens is 280 g/mol. The Balaban J connectivity index is 1.48. The molecule has 0 saturated heterocycles. The summed E-state index contributed by atoms with van der Waals surface area (Å²) >= 11 is 0. The zero-order chi connectivity index (χ0) is 15.5. The molecule has 4 rings (SSSR count). The average molecular weight is 313 g/mol. The highest BCUT2D eigenvalue weighted by Crippen LogP contribution is 2.36. The predicted molar refractivity (Wildman–Crippen MR) is 99.3 cm³/mol. The number of nitrogens with one attached hydrogen (secondary N) is 1. The van der Waals surface area contributed by atoms with Crippen LogP contribution in [0, 0.1) is 0 Å². The molecule has 0 aromatic heterocycles. The smallest absolute Gasteiger partial charge is 0.0372 e. The van der Waals surface area contributed by atoms with Gasteiger partial charge in [-0.3, -0.25) is 0 Å². The van der Waals surface area contributed by atoms with Crippen LogP contribution in [0.1, 0.15) is 77.0 Å². The Kier molecular flexibility index (Phi) is 4.77. The van der Waals surface area contributed by atoms with Gasteiger partial charge in [0.2, 0.25) is 0 Å². The second-order valence-electron chi connectivity index (χ2n) is 7.96. The number of anilines is 2. The topological polar surface area (TPSA) is 15.3 Å². The van der Waals surface area contributed by atoms with Crippen LogP contribution in [-0.4, -0.2) is 18.1 Å². The number of hydrogen-bond donors (Lipinski definition) is 1. The molecule has 0 unspecified atom stereocenters. The first-order valence-electron chi connectivity index (χ1n) is 10.0. The molecule has 3 fully saturated rings. The van der Waals surface area contributed by atoms with E-state index in [0.29, 0.717) is 6.04 Å². The molecule has 1 aromatic carbocycles. The van der Waals surface area contributed by atoms with E-state index in [1.165, 1.54) is 88.4 Å². The van der Waals surface area contributed by atoms with Gasteiger partial charge in [0.15, 0.2) is 0 Å². The molecule has 23 heavy (non-hydrogen) atoms. The summed E-state index contributed by atoms with van der Waals surface area (Å²) in [6, 6.07) is 11.7. The highest BCUT2D eigenvalue weighted by molar-refractivity contribution is 5.56. The van der Waals surface area contributed by atoms with E-state index < -0.39 is 0 Å². The van der Waals surface area contributed by atoms with Crippen molar-refractivity contribution in [3.05, 3.63) is 24.3 Å². The highest BCUT2D eigenvalue weighted by Gasteiger charge is 2.30. The van der Waals surface area contributed by atoms with E-state index >= 15 is 0 Å². The average Bonchev–Trinajstić information content (AvgIpc) is 3.33. The van der Waals surface area contributed by atoms with E-state index in [1.54, 1.807) is 0 Å².